The van der Waals surface area contributed by atoms with E-state index in [1.54, 1.807) is 12.1 Å². The Morgan fingerprint density at radius 2 is 2.05 bits per heavy atom. The highest BCUT2D eigenvalue weighted by Gasteiger charge is 2.57. The Morgan fingerprint density at radius 3 is 2.59 bits per heavy atom. The first-order valence-electron chi connectivity index (χ1n) is 6.45. The van der Waals surface area contributed by atoms with E-state index < -0.39 is 16.2 Å². The predicted octanol–water partition coefficient (Wildman–Crippen LogP) is 4.83. The molecule has 1 saturated carbocycles. The molecule has 2 aromatic rings. The molecule has 0 saturated heterocycles. The standard InChI is InChI=1S/C15H9Cl3N2OS/c16-9-3-1-8(2-4-9)12-7-22-14(20-12)10(6-19)13(21)11-5-15(11,17)18/h1-4,7,10-11H,5H2. The number of Topliss-reactive ketones (excluding diaryl/α,β-unsaturated/α-hetero) is 1. The van der Waals surface area contributed by atoms with Crippen LogP contribution >= 0.6 is 46.1 Å². The Morgan fingerprint density at radius 1 is 1.41 bits per heavy atom. The lowest BCUT2D eigenvalue weighted by Crippen LogP contribution is -2.15. The molecule has 1 heterocycles. The molecule has 0 spiro atoms. The fraction of sp³-hybridized carbons (Fsp3) is 0.267. The van der Waals surface area contributed by atoms with Gasteiger partial charge in [0.05, 0.1) is 17.7 Å². The molecule has 0 N–H and O–H groups in total. The predicted molar refractivity (Wildman–Crippen MR) is 88.5 cm³/mol. The van der Waals surface area contributed by atoms with Crippen LogP contribution in [0.4, 0.5) is 0 Å². The highest BCUT2D eigenvalue weighted by Crippen LogP contribution is 2.55. The van der Waals surface area contributed by atoms with Crippen molar-refractivity contribution in [3.05, 3.63) is 39.7 Å². The number of benzene rings is 1. The molecule has 1 aromatic heterocycles. The molecule has 0 bridgehead atoms. The van der Waals surface area contributed by atoms with Gasteiger partial charge in [0.2, 0.25) is 0 Å². The summed E-state index contributed by atoms with van der Waals surface area (Å²) in [6.07, 6.45) is 0.391. The largest absolute Gasteiger partial charge is 0.297 e. The average Bonchev–Trinajstić information content (AvgIpc) is 2.90. The van der Waals surface area contributed by atoms with Crippen LogP contribution < -0.4 is 0 Å². The van der Waals surface area contributed by atoms with Crippen LogP contribution in [0.2, 0.25) is 5.02 Å². The number of rotatable bonds is 4. The topological polar surface area (TPSA) is 53.8 Å². The lowest BCUT2D eigenvalue weighted by Gasteiger charge is -2.04. The second-order valence-corrected chi connectivity index (χ2v) is 7.93. The molecule has 3 rings (SSSR count). The van der Waals surface area contributed by atoms with Crippen molar-refractivity contribution in [1.82, 2.24) is 4.98 Å². The maximum atomic E-state index is 12.3. The van der Waals surface area contributed by atoms with Crippen LogP contribution in [0.15, 0.2) is 29.6 Å². The maximum absolute atomic E-state index is 12.3. The molecule has 1 fully saturated rings. The molecule has 0 aliphatic heterocycles. The third kappa shape index (κ3) is 3.00. The van der Waals surface area contributed by atoms with E-state index in [-0.39, 0.29) is 5.78 Å². The van der Waals surface area contributed by atoms with Crippen molar-refractivity contribution >= 4 is 51.9 Å². The molecule has 112 valence electrons. The number of thiazole rings is 1. The Balaban J connectivity index is 1.84. The highest BCUT2D eigenvalue weighted by molar-refractivity contribution is 7.10. The van der Waals surface area contributed by atoms with Crippen LogP contribution in [0, 0.1) is 17.2 Å². The number of nitriles is 1. The third-order valence-corrected chi connectivity index (χ3v) is 5.49. The zero-order valence-electron chi connectivity index (χ0n) is 11.1. The van der Waals surface area contributed by atoms with E-state index in [2.05, 4.69) is 4.98 Å². The summed E-state index contributed by atoms with van der Waals surface area (Å²) in [6.45, 7) is 0. The van der Waals surface area contributed by atoms with Crippen molar-refractivity contribution in [2.45, 2.75) is 16.7 Å². The number of hydrogen-bond acceptors (Lipinski definition) is 4. The number of carbonyl (C=O) groups excluding carboxylic acids is 1. The van der Waals surface area contributed by atoms with Gasteiger partial charge in [-0.15, -0.1) is 34.5 Å². The molecule has 1 aliphatic rings. The molecule has 3 nitrogen and oxygen atoms in total. The summed E-state index contributed by atoms with van der Waals surface area (Å²) in [5.41, 5.74) is 1.59. The van der Waals surface area contributed by atoms with Gasteiger partial charge in [-0.05, 0) is 18.6 Å². The minimum atomic E-state index is -1.03. The first-order chi connectivity index (χ1) is 10.4. The number of ketones is 1. The number of aromatic nitrogens is 1. The van der Waals surface area contributed by atoms with Gasteiger partial charge in [-0.1, -0.05) is 23.7 Å². The molecule has 2 unspecified atom stereocenters. The molecule has 0 amide bonds. The summed E-state index contributed by atoms with van der Waals surface area (Å²) in [5.74, 6) is -1.66. The van der Waals surface area contributed by atoms with Crippen molar-refractivity contribution in [2.75, 3.05) is 0 Å². The van der Waals surface area contributed by atoms with E-state index in [1.165, 1.54) is 11.3 Å². The molecule has 2 atom stereocenters. The Hall–Kier alpha value is -1.12. The Bertz CT molecular complexity index is 764. The van der Waals surface area contributed by atoms with Gasteiger partial charge in [0.25, 0.3) is 0 Å². The molecule has 1 aromatic carbocycles. The van der Waals surface area contributed by atoms with Crippen LogP contribution in [0.25, 0.3) is 11.3 Å². The van der Waals surface area contributed by atoms with Crippen molar-refractivity contribution in [3.63, 3.8) is 0 Å². The average molecular weight is 372 g/mol. The first-order valence-corrected chi connectivity index (χ1v) is 8.46. The summed E-state index contributed by atoms with van der Waals surface area (Å²) in [7, 11) is 0. The van der Waals surface area contributed by atoms with Gasteiger partial charge in [-0.3, -0.25) is 4.79 Å². The van der Waals surface area contributed by atoms with Crippen molar-refractivity contribution < 1.29 is 4.79 Å². The quantitative estimate of drug-likeness (QED) is 0.723. The number of carbonyl (C=O) groups is 1. The van der Waals surface area contributed by atoms with Gasteiger partial charge in [0.1, 0.15) is 9.34 Å². The Kier molecular flexibility index (Phi) is 4.17. The fourth-order valence-corrected chi connectivity index (χ4v) is 3.66. The maximum Gasteiger partial charge on any atom is 0.163 e. The highest BCUT2D eigenvalue weighted by atomic mass is 35.5. The van der Waals surface area contributed by atoms with Crippen molar-refractivity contribution in [2.24, 2.45) is 5.92 Å². The number of alkyl halides is 2. The third-order valence-electron chi connectivity index (χ3n) is 3.49. The summed E-state index contributed by atoms with van der Waals surface area (Å²) < 4.78 is -1.03. The van der Waals surface area contributed by atoms with Gasteiger partial charge in [0, 0.05) is 16.0 Å². The minimum absolute atomic E-state index is 0.260. The van der Waals surface area contributed by atoms with E-state index in [0.717, 1.165) is 5.56 Å². The van der Waals surface area contributed by atoms with Crippen molar-refractivity contribution in [3.8, 4) is 17.3 Å². The van der Waals surface area contributed by atoms with E-state index >= 15 is 0 Å². The summed E-state index contributed by atoms with van der Waals surface area (Å²) in [5, 5.41) is 12.2. The molecular weight excluding hydrogens is 363 g/mol. The van der Waals surface area contributed by atoms with Gasteiger partial charge in [0.15, 0.2) is 11.7 Å². The zero-order chi connectivity index (χ0) is 15.9. The summed E-state index contributed by atoms with van der Waals surface area (Å²) in [4.78, 5) is 16.7. The van der Waals surface area contributed by atoms with Gasteiger partial charge in [-0.2, -0.15) is 5.26 Å². The van der Waals surface area contributed by atoms with Gasteiger partial charge in [-0.25, -0.2) is 4.98 Å². The lowest BCUT2D eigenvalue weighted by atomic mass is 10.0. The molecule has 1 aliphatic carbocycles. The smallest absolute Gasteiger partial charge is 0.163 e. The lowest BCUT2D eigenvalue weighted by molar-refractivity contribution is -0.120. The van der Waals surface area contributed by atoms with E-state index in [1.807, 2.05) is 23.6 Å². The van der Waals surface area contributed by atoms with Crippen LogP contribution in [-0.4, -0.2) is 15.1 Å². The SMILES string of the molecule is N#CC(C(=O)C1CC1(Cl)Cl)c1nc(-c2ccc(Cl)cc2)cs1. The van der Waals surface area contributed by atoms with Crippen LogP contribution in [0.1, 0.15) is 17.3 Å². The normalized spacial score (nSPS) is 20.2. The van der Waals surface area contributed by atoms with Crippen LogP contribution in [0.3, 0.4) is 0 Å². The summed E-state index contributed by atoms with van der Waals surface area (Å²) in [6, 6.07) is 9.23. The summed E-state index contributed by atoms with van der Waals surface area (Å²) >= 11 is 19.0. The number of halogens is 3. The Labute approximate surface area is 146 Å². The van der Waals surface area contributed by atoms with Gasteiger partial charge >= 0.3 is 0 Å². The minimum Gasteiger partial charge on any atom is -0.297 e. The molecule has 22 heavy (non-hydrogen) atoms. The second-order valence-electron chi connectivity index (χ2n) is 5.06. The zero-order valence-corrected chi connectivity index (χ0v) is 14.2. The van der Waals surface area contributed by atoms with E-state index in [4.69, 9.17) is 34.8 Å². The van der Waals surface area contributed by atoms with E-state index in [0.29, 0.717) is 22.1 Å². The monoisotopic (exact) mass is 370 g/mol. The van der Waals surface area contributed by atoms with Crippen LogP contribution in [-0.2, 0) is 4.79 Å². The van der Waals surface area contributed by atoms with Gasteiger partial charge < -0.3 is 0 Å². The van der Waals surface area contributed by atoms with Crippen molar-refractivity contribution in [1.29, 1.82) is 5.26 Å². The first kappa shape index (κ1) is 15.8. The molecule has 7 heteroatoms. The molecule has 0 radical (unpaired) electrons. The van der Waals surface area contributed by atoms with E-state index in [9.17, 15) is 10.1 Å². The van der Waals surface area contributed by atoms with Crippen LogP contribution in [0.5, 0.6) is 0 Å². The second kappa shape index (κ2) is 5.82. The molecular formula is C15H9Cl3N2OS. The fourth-order valence-electron chi connectivity index (χ4n) is 2.14. The number of nitrogens with zero attached hydrogens (tertiary/aromatic N) is 2. The number of hydrogen-bond donors (Lipinski definition) is 0.